The van der Waals surface area contributed by atoms with Crippen LogP contribution in [0.25, 0.3) is 0 Å². The van der Waals surface area contributed by atoms with Crippen molar-refractivity contribution in [3.63, 3.8) is 0 Å². The highest BCUT2D eigenvalue weighted by Crippen LogP contribution is 2.63. The Morgan fingerprint density at radius 1 is 0.600 bits per heavy atom. The van der Waals surface area contributed by atoms with Crippen LogP contribution in [-0.4, -0.2) is 11.6 Å². The zero-order valence-corrected chi connectivity index (χ0v) is 24.0. The highest BCUT2D eigenvalue weighted by molar-refractivity contribution is 5.97. The fourth-order valence-corrected chi connectivity index (χ4v) is 7.22. The number of hydrogen-bond donors (Lipinski definition) is 0. The van der Waals surface area contributed by atoms with E-state index in [1.807, 2.05) is 0 Å². The van der Waals surface area contributed by atoms with Gasteiger partial charge in [0.25, 0.3) is 0 Å². The van der Waals surface area contributed by atoms with Crippen molar-refractivity contribution < 1.29 is 9.59 Å². The second kappa shape index (κ2) is 7.40. The van der Waals surface area contributed by atoms with Crippen molar-refractivity contribution in [2.45, 2.75) is 123 Å². The normalized spacial score (nSPS) is 19.5. The Morgan fingerprint density at radius 3 is 1.17 bits per heavy atom. The van der Waals surface area contributed by atoms with Crippen LogP contribution >= 0.6 is 0 Å². The van der Waals surface area contributed by atoms with E-state index < -0.39 is 0 Å². The molecule has 2 aliphatic carbocycles. The van der Waals surface area contributed by atoms with Gasteiger partial charge in [0.15, 0.2) is 11.6 Å². The van der Waals surface area contributed by atoms with Gasteiger partial charge in [-0.15, -0.1) is 0 Å². The van der Waals surface area contributed by atoms with Crippen LogP contribution in [0.1, 0.15) is 150 Å². The summed E-state index contributed by atoms with van der Waals surface area (Å²) in [7, 11) is 0. The van der Waals surface area contributed by atoms with E-state index >= 15 is 0 Å². The SMILES string of the molecule is CC(=O)c1cc2c(cc1C(C)(C)C)C(C)(C)CC21CC(C)(C)c2cc(C(C)(C)C)c(C(C)=O)cc21. The van der Waals surface area contributed by atoms with Crippen LogP contribution in [0.5, 0.6) is 0 Å². The fourth-order valence-electron chi connectivity index (χ4n) is 7.22. The molecule has 0 aromatic heterocycles. The average molecular weight is 473 g/mol. The summed E-state index contributed by atoms with van der Waals surface area (Å²) in [6.45, 7) is 25.9. The number of carbonyl (C=O) groups is 2. The lowest BCUT2D eigenvalue weighted by Gasteiger charge is -2.31. The molecule has 2 aliphatic rings. The minimum Gasteiger partial charge on any atom is -0.295 e. The molecule has 0 atom stereocenters. The van der Waals surface area contributed by atoms with Crippen LogP contribution in [-0.2, 0) is 27.1 Å². The molecule has 2 heteroatoms. The molecule has 2 aromatic rings. The Balaban J connectivity index is 2.11. The van der Waals surface area contributed by atoms with E-state index in [0.29, 0.717) is 0 Å². The van der Waals surface area contributed by atoms with E-state index in [1.165, 1.54) is 22.3 Å². The Morgan fingerprint density at radius 2 is 0.914 bits per heavy atom. The largest absolute Gasteiger partial charge is 0.295 e. The van der Waals surface area contributed by atoms with E-state index in [-0.39, 0.29) is 38.6 Å². The smallest absolute Gasteiger partial charge is 0.160 e. The predicted octanol–water partition coefficient (Wildman–Crippen LogP) is 8.34. The number of fused-ring (bicyclic) bond motifs is 4. The summed E-state index contributed by atoms with van der Waals surface area (Å²) in [5.41, 5.74) is 8.81. The fraction of sp³-hybridized carbons (Fsp3) is 0.576. The quantitative estimate of drug-likeness (QED) is 0.412. The Kier molecular flexibility index (Phi) is 5.47. The molecule has 2 aromatic carbocycles. The van der Waals surface area contributed by atoms with E-state index in [4.69, 9.17) is 0 Å². The second-order valence-corrected chi connectivity index (χ2v) is 14.7. The van der Waals surface area contributed by atoms with E-state index in [1.54, 1.807) is 13.8 Å². The van der Waals surface area contributed by atoms with Gasteiger partial charge in [-0.3, -0.25) is 9.59 Å². The summed E-state index contributed by atoms with van der Waals surface area (Å²) in [6.07, 6.45) is 1.98. The average Bonchev–Trinajstić information content (AvgIpc) is 3.04. The van der Waals surface area contributed by atoms with Crippen molar-refractivity contribution in [1.82, 2.24) is 0 Å². The molecular formula is C33H44O2. The highest BCUT2D eigenvalue weighted by atomic mass is 16.1. The summed E-state index contributed by atoms with van der Waals surface area (Å²) >= 11 is 0. The van der Waals surface area contributed by atoms with Crippen LogP contribution < -0.4 is 0 Å². The molecule has 1 spiro atoms. The van der Waals surface area contributed by atoms with Crippen LogP contribution in [0, 0.1) is 0 Å². The van der Waals surface area contributed by atoms with Gasteiger partial charge in [-0.2, -0.15) is 0 Å². The maximum absolute atomic E-state index is 12.9. The first kappa shape index (κ1) is 25.9. The van der Waals surface area contributed by atoms with Gasteiger partial charge >= 0.3 is 0 Å². The molecule has 4 rings (SSSR count). The highest BCUT2D eigenvalue weighted by Gasteiger charge is 2.57. The Bertz CT molecular complexity index is 1160. The molecule has 0 unspecified atom stereocenters. The van der Waals surface area contributed by atoms with Gasteiger partial charge in [0.2, 0.25) is 0 Å². The van der Waals surface area contributed by atoms with Crippen molar-refractivity contribution in [3.05, 3.63) is 68.8 Å². The van der Waals surface area contributed by atoms with Crippen molar-refractivity contribution in [2.75, 3.05) is 0 Å². The molecule has 0 N–H and O–H groups in total. The van der Waals surface area contributed by atoms with E-state index in [2.05, 4.69) is 93.5 Å². The molecule has 35 heavy (non-hydrogen) atoms. The molecule has 0 amide bonds. The van der Waals surface area contributed by atoms with Gasteiger partial charge in [-0.25, -0.2) is 0 Å². The third-order valence-electron chi connectivity index (χ3n) is 8.67. The number of Topliss-reactive ketones (excluding diaryl/α,β-unsaturated/α-hetero) is 2. The summed E-state index contributed by atoms with van der Waals surface area (Å²) in [5, 5.41) is 0. The first-order valence-corrected chi connectivity index (χ1v) is 13.1. The number of carbonyl (C=O) groups excluding carboxylic acids is 2. The molecule has 0 saturated carbocycles. The molecule has 0 radical (unpaired) electrons. The van der Waals surface area contributed by atoms with Crippen LogP contribution in [0.3, 0.4) is 0 Å². The number of benzene rings is 2. The number of rotatable bonds is 2. The lowest BCUT2D eigenvalue weighted by Crippen LogP contribution is -2.27. The molecule has 0 aliphatic heterocycles. The van der Waals surface area contributed by atoms with Gasteiger partial charge in [-0.05, 0) is 93.9 Å². The first-order chi connectivity index (χ1) is 15.7. The summed E-state index contributed by atoms with van der Waals surface area (Å²) in [6, 6.07) is 9.12. The lowest BCUT2D eigenvalue weighted by atomic mass is 9.71. The van der Waals surface area contributed by atoms with E-state index in [0.717, 1.165) is 35.1 Å². The maximum atomic E-state index is 12.9. The number of hydrogen-bond acceptors (Lipinski definition) is 2. The zero-order valence-electron chi connectivity index (χ0n) is 24.0. The molecule has 0 saturated heterocycles. The molecule has 0 fully saturated rings. The Labute approximate surface area is 212 Å². The molecule has 2 nitrogen and oxygen atoms in total. The maximum Gasteiger partial charge on any atom is 0.160 e. The van der Waals surface area contributed by atoms with E-state index in [9.17, 15) is 9.59 Å². The topological polar surface area (TPSA) is 34.1 Å². The van der Waals surface area contributed by atoms with Gasteiger partial charge in [-0.1, -0.05) is 81.4 Å². The molecular weight excluding hydrogens is 428 g/mol. The monoisotopic (exact) mass is 472 g/mol. The zero-order chi connectivity index (χ0) is 26.5. The molecule has 0 heterocycles. The lowest BCUT2D eigenvalue weighted by molar-refractivity contribution is 0.100. The van der Waals surface area contributed by atoms with Gasteiger partial charge in [0, 0.05) is 16.5 Å². The first-order valence-electron chi connectivity index (χ1n) is 13.1. The number of ketones is 2. The van der Waals surface area contributed by atoms with Gasteiger partial charge in [0.1, 0.15) is 0 Å². The third kappa shape index (κ3) is 3.83. The minimum absolute atomic E-state index is 0.0264. The predicted molar refractivity (Wildman–Crippen MR) is 146 cm³/mol. The van der Waals surface area contributed by atoms with Gasteiger partial charge in [0.05, 0.1) is 0 Å². The standard InChI is InChI=1S/C33H44O2/c1-19(34)21-13-27-25(15-23(21)29(3,4)5)31(9,10)17-33(27)18-32(11,12)26-16-24(30(6,7)8)22(20(2)35)14-28(26)33/h13-16H,17-18H2,1-12H3. The summed E-state index contributed by atoms with van der Waals surface area (Å²) in [5.74, 6) is 0.255. The summed E-state index contributed by atoms with van der Waals surface area (Å²) < 4.78 is 0. The van der Waals surface area contributed by atoms with Crippen molar-refractivity contribution in [1.29, 1.82) is 0 Å². The van der Waals surface area contributed by atoms with Crippen molar-refractivity contribution in [3.8, 4) is 0 Å². The van der Waals surface area contributed by atoms with Crippen LogP contribution in [0.4, 0.5) is 0 Å². The third-order valence-corrected chi connectivity index (χ3v) is 8.67. The second-order valence-electron chi connectivity index (χ2n) is 14.7. The van der Waals surface area contributed by atoms with Gasteiger partial charge < -0.3 is 0 Å². The van der Waals surface area contributed by atoms with Crippen LogP contribution in [0.2, 0.25) is 0 Å². The summed E-state index contributed by atoms with van der Waals surface area (Å²) in [4.78, 5) is 25.8. The minimum atomic E-state index is -0.196. The van der Waals surface area contributed by atoms with Crippen LogP contribution in [0.15, 0.2) is 24.3 Å². The van der Waals surface area contributed by atoms with Crippen molar-refractivity contribution in [2.24, 2.45) is 0 Å². The van der Waals surface area contributed by atoms with Crippen molar-refractivity contribution >= 4 is 11.6 Å². The Hall–Kier alpha value is -2.22. The molecule has 0 bridgehead atoms. The molecule has 188 valence electrons.